The van der Waals surface area contributed by atoms with E-state index in [4.69, 9.17) is 12.2 Å². The molecule has 3 rings (SSSR count). The van der Waals surface area contributed by atoms with E-state index in [1.807, 2.05) is 23.2 Å². The van der Waals surface area contributed by atoms with Crippen LogP contribution in [0.4, 0.5) is 10.5 Å². The van der Waals surface area contributed by atoms with E-state index in [0.29, 0.717) is 18.2 Å². The van der Waals surface area contributed by atoms with E-state index in [2.05, 4.69) is 41.6 Å². The number of nitrogens with one attached hydrogen (secondary N) is 2. The third kappa shape index (κ3) is 4.59. The standard InChI is InChI=1S/C21H27N5OS/c1-3-17-9-5-10-18(4-2)19(17)24-20(27)25-12-7-13-26(25)21(28)23-15-16-8-6-11-22-14-16/h5-6,8-11,14H,3-4,7,12-13,15H2,1-2H3,(H,23,28)(H,24,27). The number of carbonyl (C=O) groups is 1. The van der Waals surface area contributed by atoms with Gasteiger partial charge in [0.05, 0.1) is 0 Å². The number of anilines is 1. The fourth-order valence-corrected chi connectivity index (χ4v) is 3.64. The van der Waals surface area contributed by atoms with Gasteiger partial charge >= 0.3 is 6.03 Å². The molecule has 1 fully saturated rings. The maximum absolute atomic E-state index is 13.0. The molecule has 148 valence electrons. The Labute approximate surface area is 171 Å². The van der Waals surface area contributed by atoms with Gasteiger partial charge in [0.25, 0.3) is 0 Å². The topological polar surface area (TPSA) is 60.5 Å². The first-order chi connectivity index (χ1) is 13.6. The summed E-state index contributed by atoms with van der Waals surface area (Å²) in [4.78, 5) is 17.1. The highest BCUT2D eigenvalue weighted by molar-refractivity contribution is 7.80. The second kappa shape index (κ2) is 9.50. The number of hydrogen-bond donors (Lipinski definition) is 2. The zero-order valence-corrected chi connectivity index (χ0v) is 17.3. The van der Waals surface area contributed by atoms with Crippen LogP contribution in [0.3, 0.4) is 0 Å². The van der Waals surface area contributed by atoms with Gasteiger partial charge in [-0.1, -0.05) is 38.1 Å². The summed E-state index contributed by atoms with van der Waals surface area (Å²) < 4.78 is 0. The van der Waals surface area contributed by atoms with Crippen LogP contribution in [0.15, 0.2) is 42.7 Å². The number of rotatable bonds is 5. The highest BCUT2D eigenvalue weighted by atomic mass is 32.1. The average Bonchev–Trinajstić information content (AvgIpc) is 3.23. The number of pyridine rings is 1. The van der Waals surface area contributed by atoms with Crippen molar-refractivity contribution in [1.29, 1.82) is 0 Å². The molecule has 0 atom stereocenters. The van der Waals surface area contributed by atoms with Crippen LogP contribution in [0, 0.1) is 0 Å². The summed E-state index contributed by atoms with van der Waals surface area (Å²) in [5.41, 5.74) is 4.27. The minimum absolute atomic E-state index is 0.140. The fourth-order valence-electron chi connectivity index (χ4n) is 3.38. The number of nitrogens with zero attached hydrogens (tertiary/aromatic N) is 3. The summed E-state index contributed by atoms with van der Waals surface area (Å²) >= 11 is 5.54. The van der Waals surface area contributed by atoms with Gasteiger partial charge in [0.2, 0.25) is 0 Å². The Morgan fingerprint density at radius 1 is 1.11 bits per heavy atom. The number of aryl methyl sites for hydroxylation is 2. The predicted octanol–water partition coefficient (Wildman–Crippen LogP) is 3.74. The van der Waals surface area contributed by atoms with Gasteiger partial charge in [-0.05, 0) is 54.2 Å². The molecule has 0 bridgehead atoms. The Kier molecular flexibility index (Phi) is 6.81. The number of hydrazine groups is 1. The SMILES string of the molecule is CCc1cccc(CC)c1NC(=O)N1CCCN1C(=S)NCc1cccnc1. The van der Waals surface area contributed by atoms with Gasteiger partial charge in [-0.3, -0.25) is 9.99 Å². The number of aromatic nitrogens is 1. The average molecular weight is 398 g/mol. The number of hydrogen-bond acceptors (Lipinski definition) is 3. The van der Waals surface area contributed by atoms with Gasteiger partial charge in [0, 0.05) is 37.7 Å². The van der Waals surface area contributed by atoms with E-state index in [1.54, 1.807) is 17.4 Å². The third-order valence-electron chi connectivity index (χ3n) is 4.90. The van der Waals surface area contributed by atoms with E-state index >= 15 is 0 Å². The van der Waals surface area contributed by atoms with Crippen LogP contribution < -0.4 is 10.6 Å². The molecule has 2 aromatic rings. The number of urea groups is 1. The van der Waals surface area contributed by atoms with Crippen molar-refractivity contribution in [3.63, 3.8) is 0 Å². The summed E-state index contributed by atoms with van der Waals surface area (Å²) in [5, 5.41) is 10.5. The van der Waals surface area contributed by atoms with Gasteiger partial charge in [-0.2, -0.15) is 0 Å². The molecule has 1 aliphatic rings. The minimum Gasteiger partial charge on any atom is -0.357 e. The largest absolute Gasteiger partial charge is 0.357 e. The van der Waals surface area contributed by atoms with E-state index in [1.165, 1.54) is 0 Å². The van der Waals surface area contributed by atoms with Gasteiger partial charge in [0.1, 0.15) is 0 Å². The Balaban J connectivity index is 1.67. The lowest BCUT2D eigenvalue weighted by Crippen LogP contribution is -2.50. The number of para-hydroxylation sites is 1. The van der Waals surface area contributed by atoms with Gasteiger partial charge < -0.3 is 10.6 Å². The molecule has 2 N–H and O–H groups in total. The van der Waals surface area contributed by atoms with Crippen LogP contribution in [-0.2, 0) is 19.4 Å². The molecule has 28 heavy (non-hydrogen) atoms. The first-order valence-electron chi connectivity index (χ1n) is 9.77. The van der Waals surface area contributed by atoms with Crippen LogP contribution in [0.2, 0.25) is 0 Å². The van der Waals surface area contributed by atoms with Crippen LogP contribution in [-0.4, -0.2) is 39.2 Å². The minimum atomic E-state index is -0.140. The van der Waals surface area contributed by atoms with Crippen LogP contribution in [0.25, 0.3) is 0 Å². The molecule has 1 saturated heterocycles. The monoisotopic (exact) mass is 397 g/mol. The molecular formula is C21H27N5OS. The van der Waals surface area contributed by atoms with Crippen molar-refractivity contribution >= 4 is 29.0 Å². The highest BCUT2D eigenvalue weighted by Gasteiger charge is 2.29. The Morgan fingerprint density at radius 3 is 2.46 bits per heavy atom. The van der Waals surface area contributed by atoms with Gasteiger partial charge in [0.15, 0.2) is 5.11 Å². The summed E-state index contributed by atoms with van der Waals surface area (Å²) in [5.74, 6) is 0. The van der Waals surface area contributed by atoms with Crippen LogP contribution >= 0.6 is 12.2 Å². The normalized spacial score (nSPS) is 13.5. The lowest BCUT2D eigenvalue weighted by molar-refractivity contribution is 0.136. The number of thiocarbonyl (C=S) groups is 1. The molecule has 6 nitrogen and oxygen atoms in total. The second-order valence-electron chi connectivity index (χ2n) is 6.71. The van der Waals surface area contributed by atoms with Crippen LogP contribution in [0.5, 0.6) is 0 Å². The molecule has 0 aliphatic carbocycles. The highest BCUT2D eigenvalue weighted by Crippen LogP contribution is 2.24. The number of benzene rings is 1. The zero-order valence-electron chi connectivity index (χ0n) is 16.4. The number of carbonyl (C=O) groups excluding carboxylic acids is 1. The van der Waals surface area contributed by atoms with E-state index < -0.39 is 0 Å². The quantitative estimate of drug-likeness (QED) is 0.753. The van der Waals surface area contributed by atoms with E-state index in [9.17, 15) is 4.79 Å². The zero-order chi connectivity index (χ0) is 19.9. The lowest BCUT2D eigenvalue weighted by Gasteiger charge is -2.30. The Hall–Kier alpha value is -2.67. The number of amides is 2. The smallest absolute Gasteiger partial charge is 0.340 e. The molecule has 7 heteroatoms. The van der Waals surface area contributed by atoms with E-state index in [0.717, 1.165) is 48.2 Å². The van der Waals surface area contributed by atoms with Crippen LogP contribution in [0.1, 0.15) is 37.0 Å². The Bertz CT molecular complexity index is 805. The molecule has 0 unspecified atom stereocenters. The summed E-state index contributed by atoms with van der Waals surface area (Å²) in [6.45, 7) is 6.16. The lowest BCUT2D eigenvalue weighted by atomic mass is 10.0. The van der Waals surface area contributed by atoms with Gasteiger partial charge in [-0.15, -0.1) is 0 Å². The molecule has 1 aromatic carbocycles. The summed E-state index contributed by atoms with van der Waals surface area (Å²) in [7, 11) is 0. The van der Waals surface area contributed by atoms with Crippen molar-refractivity contribution in [3.05, 3.63) is 59.4 Å². The first-order valence-corrected chi connectivity index (χ1v) is 10.2. The Morgan fingerprint density at radius 2 is 1.82 bits per heavy atom. The van der Waals surface area contributed by atoms with Crippen molar-refractivity contribution < 1.29 is 4.79 Å². The van der Waals surface area contributed by atoms with Crippen molar-refractivity contribution in [2.75, 3.05) is 18.4 Å². The molecule has 2 amide bonds. The summed E-state index contributed by atoms with van der Waals surface area (Å²) in [6, 6.07) is 9.93. The fraction of sp³-hybridized carbons (Fsp3) is 0.381. The molecule has 1 aliphatic heterocycles. The molecule has 2 heterocycles. The molecule has 0 spiro atoms. The maximum Gasteiger partial charge on any atom is 0.340 e. The van der Waals surface area contributed by atoms with Crippen molar-refractivity contribution in [3.8, 4) is 0 Å². The predicted molar refractivity (Wildman–Crippen MR) is 116 cm³/mol. The van der Waals surface area contributed by atoms with Crippen molar-refractivity contribution in [2.24, 2.45) is 0 Å². The van der Waals surface area contributed by atoms with Crippen molar-refractivity contribution in [2.45, 2.75) is 39.7 Å². The third-order valence-corrected chi connectivity index (χ3v) is 5.25. The molecule has 0 radical (unpaired) electrons. The summed E-state index contributed by atoms with van der Waals surface area (Å²) in [6.07, 6.45) is 6.18. The van der Waals surface area contributed by atoms with E-state index in [-0.39, 0.29) is 6.03 Å². The first kappa shape index (κ1) is 20.1. The maximum atomic E-state index is 13.0. The molecule has 0 saturated carbocycles. The van der Waals surface area contributed by atoms with Gasteiger partial charge in [-0.25, -0.2) is 9.80 Å². The second-order valence-corrected chi connectivity index (χ2v) is 7.10. The van der Waals surface area contributed by atoms with Crippen molar-refractivity contribution in [1.82, 2.24) is 20.3 Å². The molecular weight excluding hydrogens is 370 g/mol. The molecule has 1 aromatic heterocycles.